The molecule has 0 bridgehead atoms. The number of aromatic nitrogens is 3. The first-order valence-corrected chi connectivity index (χ1v) is 12.9. The van der Waals surface area contributed by atoms with E-state index in [0.29, 0.717) is 17.8 Å². The molecule has 0 radical (unpaired) electrons. The molecule has 1 N–H and O–H groups in total. The highest BCUT2D eigenvalue weighted by atomic mass is 16.6. The van der Waals surface area contributed by atoms with Gasteiger partial charge in [-0.2, -0.15) is 5.26 Å². The molecule has 0 aliphatic carbocycles. The number of alkyl carbamates (subject to hydrolysis) is 1. The van der Waals surface area contributed by atoms with Gasteiger partial charge >= 0.3 is 11.8 Å². The van der Waals surface area contributed by atoms with E-state index in [9.17, 15) is 14.9 Å². The van der Waals surface area contributed by atoms with Crippen molar-refractivity contribution in [2.75, 3.05) is 18.0 Å². The maximum atomic E-state index is 13.4. The summed E-state index contributed by atoms with van der Waals surface area (Å²) < 4.78 is 8.70. The predicted molar refractivity (Wildman–Crippen MR) is 147 cm³/mol. The molecule has 1 amide bonds. The predicted octanol–water partition coefficient (Wildman–Crippen LogP) is 4.30. The van der Waals surface area contributed by atoms with Crippen LogP contribution in [0.2, 0.25) is 0 Å². The van der Waals surface area contributed by atoms with Gasteiger partial charge < -0.3 is 15.0 Å². The first kappa shape index (κ1) is 25.3. The molecule has 9 heteroatoms. The lowest BCUT2D eigenvalue weighted by molar-refractivity contribution is 0.0500. The van der Waals surface area contributed by atoms with E-state index in [2.05, 4.69) is 21.3 Å². The lowest BCUT2D eigenvalue weighted by Gasteiger charge is -2.35. The van der Waals surface area contributed by atoms with Crippen LogP contribution in [0.4, 0.5) is 10.5 Å². The number of benzene rings is 2. The van der Waals surface area contributed by atoms with E-state index >= 15 is 0 Å². The molecule has 3 heterocycles. The van der Waals surface area contributed by atoms with Gasteiger partial charge in [0.15, 0.2) is 5.65 Å². The van der Waals surface area contributed by atoms with Gasteiger partial charge in [-0.3, -0.25) is 9.13 Å². The Morgan fingerprint density at radius 1 is 1.21 bits per heavy atom. The van der Waals surface area contributed by atoms with Crippen LogP contribution in [0.5, 0.6) is 0 Å². The molecule has 5 rings (SSSR count). The summed E-state index contributed by atoms with van der Waals surface area (Å²) in [5.74, 6) is 0. The summed E-state index contributed by atoms with van der Waals surface area (Å²) in [7, 11) is 1.71. The van der Waals surface area contributed by atoms with Crippen molar-refractivity contribution < 1.29 is 9.53 Å². The molecule has 4 aromatic rings. The van der Waals surface area contributed by atoms with Crippen molar-refractivity contribution in [3.63, 3.8) is 0 Å². The molecule has 1 saturated heterocycles. The quantitative estimate of drug-likeness (QED) is 0.437. The number of rotatable bonds is 4. The Hall–Kier alpha value is -4.32. The van der Waals surface area contributed by atoms with Crippen molar-refractivity contribution in [3.05, 3.63) is 70.3 Å². The number of imidazole rings is 1. The van der Waals surface area contributed by atoms with Gasteiger partial charge in [0, 0.05) is 32.4 Å². The topological polar surface area (TPSA) is 105 Å². The zero-order chi connectivity index (χ0) is 27.0. The molecule has 1 aliphatic rings. The Bertz CT molecular complexity index is 1620. The first-order valence-electron chi connectivity index (χ1n) is 12.9. The van der Waals surface area contributed by atoms with Crippen molar-refractivity contribution in [1.29, 1.82) is 5.26 Å². The van der Waals surface area contributed by atoms with Crippen LogP contribution < -0.4 is 15.9 Å². The summed E-state index contributed by atoms with van der Waals surface area (Å²) in [6, 6.07) is 15.9. The third kappa shape index (κ3) is 4.82. The first-order chi connectivity index (χ1) is 18.2. The summed E-state index contributed by atoms with van der Waals surface area (Å²) in [5, 5.41) is 14.9. The number of nitrogens with zero attached hydrogens (tertiary/aromatic N) is 5. The molecule has 1 atom stereocenters. The summed E-state index contributed by atoms with van der Waals surface area (Å²) in [5.41, 5.74) is 2.75. The maximum Gasteiger partial charge on any atom is 0.407 e. The number of hydrogen-bond acceptors (Lipinski definition) is 6. The fourth-order valence-corrected chi connectivity index (χ4v) is 5.25. The molecule has 9 nitrogen and oxygen atoms in total. The number of ether oxygens (including phenoxy) is 1. The van der Waals surface area contributed by atoms with Gasteiger partial charge in [0.25, 0.3) is 0 Å². The molecule has 2 aromatic carbocycles. The normalized spacial score (nSPS) is 16.0. The van der Waals surface area contributed by atoms with Crippen LogP contribution in [-0.4, -0.2) is 44.9 Å². The molecule has 1 fully saturated rings. The molecular weight excluding hydrogens is 480 g/mol. The fourth-order valence-electron chi connectivity index (χ4n) is 5.25. The molecule has 38 heavy (non-hydrogen) atoms. The van der Waals surface area contributed by atoms with E-state index in [4.69, 9.17) is 4.74 Å². The van der Waals surface area contributed by atoms with Crippen LogP contribution in [-0.2, 0) is 18.3 Å². The Morgan fingerprint density at radius 3 is 2.76 bits per heavy atom. The van der Waals surface area contributed by atoms with Gasteiger partial charge in [-0.1, -0.05) is 36.4 Å². The van der Waals surface area contributed by atoms with Crippen molar-refractivity contribution in [2.24, 2.45) is 7.05 Å². The highest BCUT2D eigenvalue weighted by molar-refractivity contribution is 5.90. The molecule has 0 unspecified atom stereocenters. The van der Waals surface area contributed by atoms with Crippen LogP contribution in [0, 0.1) is 11.3 Å². The van der Waals surface area contributed by atoms with E-state index in [0.717, 1.165) is 46.9 Å². The number of anilines is 1. The van der Waals surface area contributed by atoms with Crippen molar-refractivity contribution >= 4 is 33.7 Å². The highest BCUT2D eigenvalue weighted by Crippen LogP contribution is 2.29. The second-order valence-corrected chi connectivity index (χ2v) is 10.8. The maximum absolute atomic E-state index is 13.4. The van der Waals surface area contributed by atoms with Gasteiger partial charge in [-0.15, -0.1) is 0 Å². The minimum Gasteiger partial charge on any atom is -0.444 e. The SMILES string of the molecule is Cn1c(=O)n(Cc2ccc3ccccc3c2C#N)c2c(N3CCC[C@@H](NC(=O)OC(C)(C)C)C3)ccnc21. The minimum atomic E-state index is -0.569. The number of piperidine rings is 1. The van der Waals surface area contributed by atoms with Crippen LogP contribution in [0.1, 0.15) is 44.7 Å². The van der Waals surface area contributed by atoms with Gasteiger partial charge in [0.1, 0.15) is 17.2 Å². The Morgan fingerprint density at radius 2 is 2.00 bits per heavy atom. The van der Waals surface area contributed by atoms with Crippen LogP contribution in [0.15, 0.2) is 53.5 Å². The Labute approximate surface area is 221 Å². The van der Waals surface area contributed by atoms with Crippen LogP contribution in [0.25, 0.3) is 21.9 Å². The van der Waals surface area contributed by atoms with Gasteiger partial charge in [0.05, 0.1) is 17.8 Å². The summed E-state index contributed by atoms with van der Waals surface area (Å²) in [6.45, 7) is 7.14. The van der Waals surface area contributed by atoms with Gasteiger partial charge in [0.2, 0.25) is 0 Å². The Kier molecular flexibility index (Phi) is 6.57. The second kappa shape index (κ2) is 9.86. The molecule has 0 spiro atoms. The largest absolute Gasteiger partial charge is 0.444 e. The standard InChI is InChI=1S/C29H32N6O3/c1-29(2,3)38-27(36)32-21-9-7-15-34(18-21)24-13-14-31-26-25(24)35(28(37)33(26)4)17-20-12-11-19-8-5-6-10-22(19)23(20)16-30/h5-6,8,10-14,21H,7,9,15,17-18H2,1-4H3,(H,32,36)/t21-/m1/s1. The molecular formula is C29H32N6O3. The Balaban J connectivity index is 1.52. The smallest absolute Gasteiger partial charge is 0.407 e. The van der Waals surface area contributed by atoms with E-state index < -0.39 is 11.7 Å². The number of carbonyl (C=O) groups is 1. The van der Waals surface area contributed by atoms with E-state index in [1.165, 1.54) is 0 Å². The average molecular weight is 513 g/mol. The number of fused-ring (bicyclic) bond motifs is 2. The number of nitrogens with one attached hydrogen (secondary N) is 1. The van der Waals surface area contributed by atoms with E-state index in [1.54, 1.807) is 22.4 Å². The highest BCUT2D eigenvalue weighted by Gasteiger charge is 2.27. The van der Waals surface area contributed by atoms with Crippen LogP contribution in [0.3, 0.4) is 0 Å². The third-order valence-electron chi connectivity index (χ3n) is 6.93. The number of pyridine rings is 1. The number of hydrogen-bond donors (Lipinski definition) is 1. The fraction of sp³-hybridized carbons (Fsp3) is 0.379. The van der Waals surface area contributed by atoms with Crippen LogP contribution >= 0.6 is 0 Å². The molecule has 0 saturated carbocycles. The lowest BCUT2D eigenvalue weighted by atomic mass is 9.99. The molecule has 2 aromatic heterocycles. The summed E-state index contributed by atoms with van der Waals surface area (Å²) >= 11 is 0. The molecule has 1 aliphatic heterocycles. The zero-order valence-corrected chi connectivity index (χ0v) is 22.2. The second-order valence-electron chi connectivity index (χ2n) is 10.8. The number of aryl methyl sites for hydroxylation is 1. The number of carbonyl (C=O) groups excluding carboxylic acids is 1. The third-order valence-corrected chi connectivity index (χ3v) is 6.93. The monoisotopic (exact) mass is 512 g/mol. The number of nitriles is 1. The number of amides is 1. The molecule has 196 valence electrons. The van der Waals surface area contributed by atoms with Gasteiger partial charge in [-0.05, 0) is 56.0 Å². The van der Waals surface area contributed by atoms with E-state index in [1.807, 2.05) is 63.2 Å². The van der Waals surface area contributed by atoms with E-state index in [-0.39, 0.29) is 18.3 Å². The zero-order valence-electron chi connectivity index (χ0n) is 22.2. The van der Waals surface area contributed by atoms with Crippen molar-refractivity contribution in [1.82, 2.24) is 19.4 Å². The summed E-state index contributed by atoms with van der Waals surface area (Å²) in [4.78, 5) is 32.6. The van der Waals surface area contributed by atoms with Crippen molar-refractivity contribution in [3.8, 4) is 6.07 Å². The summed E-state index contributed by atoms with van der Waals surface area (Å²) in [6.07, 6.45) is 3.00. The lowest BCUT2D eigenvalue weighted by Crippen LogP contribution is -2.49. The average Bonchev–Trinajstić information content (AvgIpc) is 3.12. The van der Waals surface area contributed by atoms with Gasteiger partial charge in [-0.25, -0.2) is 14.6 Å². The minimum absolute atomic E-state index is 0.0867. The van der Waals surface area contributed by atoms with Crippen molar-refractivity contribution in [2.45, 2.75) is 51.8 Å².